The number of carbonyl (C=O) groups is 2. The van der Waals surface area contributed by atoms with E-state index in [0.29, 0.717) is 0 Å². The van der Waals surface area contributed by atoms with Gasteiger partial charge in [0.1, 0.15) is 25.2 Å². The van der Waals surface area contributed by atoms with Crippen LogP contribution in [-0.2, 0) is 23.8 Å². The lowest BCUT2D eigenvalue weighted by Gasteiger charge is -2.22. The fourth-order valence-corrected chi connectivity index (χ4v) is 2.35. The summed E-state index contributed by atoms with van der Waals surface area (Å²) in [6.45, 7) is 1.18. The molecular weight excluding hydrogens is 317 g/mol. The normalized spacial score (nSPS) is 26.7. The van der Waals surface area contributed by atoms with Crippen molar-refractivity contribution < 1.29 is 33.1 Å². The lowest BCUT2D eigenvalue weighted by molar-refractivity contribution is -0.398. The Hall–Kier alpha value is -2.56. The second kappa shape index (κ2) is 6.69. The second-order valence-corrected chi connectivity index (χ2v) is 4.76. The highest BCUT2D eigenvalue weighted by atomic mass is 19.1. The minimum absolute atomic E-state index is 0.576. The van der Waals surface area contributed by atoms with Crippen molar-refractivity contribution in [1.29, 1.82) is 0 Å². The zero-order chi connectivity index (χ0) is 17.1. The summed E-state index contributed by atoms with van der Waals surface area (Å²) in [5, 5.41) is 11.0. The molecule has 0 radical (unpaired) electrons. The molecular formula is C12H14FN3O7. The zero-order valence-corrected chi connectivity index (χ0v) is 12.2. The van der Waals surface area contributed by atoms with Gasteiger partial charge in [-0.05, 0) is 4.92 Å². The number of halogens is 1. The lowest BCUT2D eigenvalue weighted by Crippen LogP contribution is -2.39. The molecule has 0 amide bonds. The number of esters is 2. The van der Waals surface area contributed by atoms with Crippen LogP contribution in [-0.4, -0.2) is 51.4 Å². The van der Waals surface area contributed by atoms with E-state index < -0.39 is 54.0 Å². The number of imidazole rings is 1. The van der Waals surface area contributed by atoms with E-state index in [4.69, 9.17) is 14.2 Å². The van der Waals surface area contributed by atoms with Gasteiger partial charge in [-0.2, -0.15) is 4.57 Å². The summed E-state index contributed by atoms with van der Waals surface area (Å²) in [5.74, 6) is -2.04. The largest absolute Gasteiger partial charge is 0.455 e. The zero-order valence-electron chi connectivity index (χ0n) is 12.2. The van der Waals surface area contributed by atoms with E-state index >= 15 is 0 Å². The number of hydrogen-bond donors (Lipinski definition) is 0. The van der Waals surface area contributed by atoms with Crippen LogP contribution in [0.2, 0.25) is 0 Å². The van der Waals surface area contributed by atoms with Crippen molar-refractivity contribution in [3.05, 3.63) is 22.5 Å². The van der Waals surface area contributed by atoms with Crippen LogP contribution < -0.4 is 0 Å². The summed E-state index contributed by atoms with van der Waals surface area (Å²) in [4.78, 5) is 36.2. The summed E-state index contributed by atoms with van der Waals surface area (Å²) in [6.07, 6.45) is -2.57. The quantitative estimate of drug-likeness (QED) is 0.435. The molecule has 0 bridgehead atoms. The topological polar surface area (TPSA) is 123 Å². The molecule has 11 heteroatoms. The Morgan fingerprint density at radius 3 is 2.52 bits per heavy atom. The van der Waals surface area contributed by atoms with E-state index in [9.17, 15) is 24.1 Å². The molecule has 1 fully saturated rings. The summed E-state index contributed by atoms with van der Waals surface area (Å²) in [6, 6.07) is 0. The van der Waals surface area contributed by atoms with E-state index in [-0.39, 0.29) is 0 Å². The molecule has 1 saturated heterocycles. The third kappa shape index (κ3) is 3.44. The number of aromatic nitrogens is 2. The predicted octanol–water partition coefficient (Wildman–Crippen LogP) is 0.522. The maximum absolute atomic E-state index is 13.2. The molecule has 0 aliphatic carbocycles. The summed E-state index contributed by atoms with van der Waals surface area (Å²) >= 11 is 0. The summed E-state index contributed by atoms with van der Waals surface area (Å²) < 4.78 is 29.5. The highest BCUT2D eigenvalue weighted by Gasteiger charge is 2.52. The van der Waals surface area contributed by atoms with Crippen LogP contribution >= 0.6 is 0 Å². The molecule has 1 unspecified atom stereocenters. The molecule has 1 aliphatic rings. The average molecular weight is 331 g/mol. The van der Waals surface area contributed by atoms with E-state index in [1.807, 2.05) is 0 Å². The maximum atomic E-state index is 13.2. The molecule has 126 valence electrons. The van der Waals surface area contributed by atoms with Crippen molar-refractivity contribution in [2.75, 3.05) is 6.67 Å². The van der Waals surface area contributed by atoms with Gasteiger partial charge in [0.25, 0.3) is 0 Å². The third-order valence-electron chi connectivity index (χ3n) is 3.13. The number of nitro groups is 1. The van der Waals surface area contributed by atoms with Gasteiger partial charge >= 0.3 is 17.9 Å². The molecule has 0 spiro atoms. The molecule has 10 nitrogen and oxygen atoms in total. The SMILES string of the molecule is CC(=O)O[C@H]1[C@H](OC(C)=O)C(n2ccnc2[N+](=O)[O-])O[C@@H]1CF. The van der Waals surface area contributed by atoms with Crippen molar-refractivity contribution in [3.63, 3.8) is 0 Å². The van der Waals surface area contributed by atoms with Crippen molar-refractivity contribution in [1.82, 2.24) is 9.55 Å². The van der Waals surface area contributed by atoms with Crippen LogP contribution in [0, 0.1) is 10.1 Å². The third-order valence-corrected chi connectivity index (χ3v) is 3.13. The van der Waals surface area contributed by atoms with Crippen LogP contribution in [0.1, 0.15) is 20.1 Å². The van der Waals surface area contributed by atoms with Crippen LogP contribution in [0.25, 0.3) is 0 Å². The number of hydrogen-bond acceptors (Lipinski definition) is 8. The van der Waals surface area contributed by atoms with E-state index in [1.165, 1.54) is 6.20 Å². The van der Waals surface area contributed by atoms with E-state index in [0.717, 1.165) is 24.6 Å². The van der Waals surface area contributed by atoms with E-state index in [2.05, 4.69) is 4.98 Å². The van der Waals surface area contributed by atoms with Gasteiger partial charge in [-0.25, -0.2) is 4.39 Å². The molecule has 1 aromatic heterocycles. The first-order valence-corrected chi connectivity index (χ1v) is 6.58. The minimum Gasteiger partial charge on any atom is -0.455 e. The van der Waals surface area contributed by atoms with Crippen LogP contribution in [0.5, 0.6) is 0 Å². The number of rotatable bonds is 5. The van der Waals surface area contributed by atoms with Gasteiger partial charge in [-0.15, -0.1) is 0 Å². The first-order valence-electron chi connectivity index (χ1n) is 6.58. The predicted molar refractivity (Wildman–Crippen MR) is 69.9 cm³/mol. The molecule has 23 heavy (non-hydrogen) atoms. The minimum atomic E-state index is -1.25. The fourth-order valence-electron chi connectivity index (χ4n) is 2.35. The van der Waals surface area contributed by atoms with Crippen LogP contribution in [0.3, 0.4) is 0 Å². The maximum Gasteiger partial charge on any atom is 0.436 e. The van der Waals surface area contributed by atoms with Gasteiger partial charge in [0, 0.05) is 13.8 Å². The van der Waals surface area contributed by atoms with Crippen molar-refractivity contribution in [2.24, 2.45) is 0 Å². The lowest BCUT2D eigenvalue weighted by atomic mass is 10.1. The first-order chi connectivity index (χ1) is 10.8. The van der Waals surface area contributed by atoms with Gasteiger partial charge in [0.15, 0.2) is 12.2 Å². The molecule has 0 aromatic carbocycles. The Kier molecular flexibility index (Phi) is 4.89. The Morgan fingerprint density at radius 1 is 1.39 bits per heavy atom. The molecule has 1 aromatic rings. The number of nitrogens with zero attached hydrogens (tertiary/aromatic N) is 3. The Balaban J connectivity index is 2.39. The Morgan fingerprint density at radius 2 is 2.00 bits per heavy atom. The van der Waals surface area contributed by atoms with Crippen molar-refractivity contribution >= 4 is 17.9 Å². The van der Waals surface area contributed by atoms with Gasteiger partial charge in [0.2, 0.25) is 6.23 Å². The highest BCUT2D eigenvalue weighted by Crippen LogP contribution is 2.36. The van der Waals surface area contributed by atoms with E-state index in [1.54, 1.807) is 0 Å². The first kappa shape index (κ1) is 16.8. The highest BCUT2D eigenvalue weighted by molar-refractivity contribution is 5.67. The molecule has 2 heterocycles. The molecule has 2 rings (SSSR count). The van der Waals surface area contributed by atoms with Gasteiger partial charge in [-0.1, -0.05) is 4.98 Å². The summed E-state index contributed by atoms with van der Waals surface area (Å²) in [7, 11) is 0. The number of alkyl halides is 1. The van der Waals surface area contributed by atoms with Crippen molar-refractivity contribution in [2.45, 2.75) is 38.4 Å². The molecule has 0 N–H and O–H groups in total. The van der Waals surface area contributed by atoms with Crippen LogP contribution in [0.15, 0.2) is 12.4 Å². The smallest absolute Gasteiger partial charge is 0.436 e. The fraction of sp³-hybridized carbons (Fsp3) is 0.583. The molecule has 4 atom stereocenters. The standard InChI is InChI=1S/C12H14FN3O7/c1-6(17)21-9-8(5-13)23-11(10(9)22-7(2)18)15-4-3-14-12(15)16(19)20/h3-4,8-11H,5H2,1-2H3/t8-,9-,10+,11?/m1/s1. The average Bonchev–Trinajstić information content (AvgIpc) is 3.04. The van der Waals surface area contributed by atoms with Crippen molar-refractivity contribution in [3.8, 4) is 0 Å². The van der Waals surface area contributed by atoms with Gasteiger partial charge in [0.05, 0.1) is 0 Å². The molecule has 1 aliphatic heterocycles. The van der Waals surface area contributed by atoms with Crippen LogP contribution in [0.4, 0.5) is 10.3 Å². The van der Waals surface area contributed by atoms with Gasteiger partial charge < -0.3 is 24.3 Å². The number of ether oxygens (including phenoxy) is 3. The van der Waals surface area contributed by atoms with Gasteiger partial charge in [-0.3, -0.25) is 9.59 Å². The summed E-state index contributed by atoms with van der Waals surface area (Å²) in [5.41, 5.74) is 0. The second-order valence-electron chi connectivity index (χ2n) is 4.76. The number of carbonyl (C=O) groups excluding carboxylic acids is 2. The monoisotopic (exact) mass is 331 g/mol. The molecule has 0 saturated carbocycles. The Bertz CT molecular complexity index is 620. The Labute approximate surface area is 129 Å².